The van der Waals surface area contributed by atoms with E-state index in [0.717, 1.165) is 0 Å². The number of aliphatic carboxylic acids is 1. The quantitative estimate of drug-likeness (QED) is 0.797. The number of rotatable bonds is 3. The minimum Gasteiger partial charge on any atom is -0.481 e. The molecule has 2 N–H and O–H groups in total. The average molecular weight is 239 g/mol. The van der Waals surface area contributed by atoms with Gasteiger partial charge in [0.25, 0.3) is 5.91 Å². The summed E-state index contributed by atoms with van der Waals surface area (Å²) < 4.78 is 10.1. The molecule has 2 rings (SSSR count). The number of hydrogen-bond donors (Lipinski definition) is 2. The highest BCUT2D eigenvalue weighted by molar-refractivity contribution is 5.95. The number of amides is 1. The van der Waals surface area contributed by atoms with Crippen LogP contribution in [-0.2, 0) is 9.53 Å². The van der Waals surface area contributed by atoms with Gasteiger partial charge in [-0.15, -0.1) is 0 Å². The number of ether oxygens (including phenoxy) is 1. The highest BCUT2D eigenvalue weighted by atomic mass is 16.5. The summed E-state index contributed by atoms with van der Waals surface area (Å²) in [5.74, 6) is -1.48. The minimum absolute atomic E-state index is 0.130. The van der Waals surface area contributed by atoms with Gasteiger partial charge in [0.2, 0.25) is 0 Å². The highest BCUT2D eigenvalue weighted by Crippen LogP contribution is 2.15. The van der Waals surface area contributed by atoms with Gasteiger partial charge in [-0.05, 0) is 13.0 Å². The van der Waals surface area contributed by atoms with Crippen molar-refractivity contribution in [3.8, 4) is 0 Å². The summed E-state index contributed by atoms with van der Waals surface area (Å²) in [6.07, 6.45) is 1.42. The van der Waals surface area contributed by atoms with Crippen molar-refractivity contribution in [2.75, 3.05) is 13.2 Å². The Morgan fingerprint density at radius 3 is 2.82 bits per heavy atom. The van der Waals surface area contributed by atoms with Gasteiger partial charge in [0.1, 0.15) is 11.7 Å². The van der Waals surface area contributed by atoms with E-state index in [-0.39, 0.29) is 19.1 Å². The predicted octanol–water partition coefficient (Wildman–Crippen LogP) is 0.417. The minimum atomic E-state index is -0.961. The van der Waals surface area contributed by atoms with Gasteiger partial charge >= 0.3 is 5.97 Å². The second kappa shape index (κ2) is 4.58. The fourth-order valence-electron chi connectivity index (χ4n) is 1.81. The van der Waals surface area contributed by atoms with Crippen LogP contribution in [0.25, 0.3) is 0 Å². The molecule has 1 aliphatic heterocycles. The third-order valence-corrected chi connectivity index (χ3v) is 2.82. The van der Waals surface area contributed by atoms with Crippen LogP contribution in [0.4, 0.5) is 0 Å². The van der Waals surface area contributed by atoms with Gasteiger partial charge in [-0.3, -0.25) is 9.59 Å². The first kappa shape index (κ1) is 11.7. The molecule has 1 aromatic heterocycles. The number of hydrogen-bond acceptors (Lipinski definition) is 4. The van der Waals surface area contributed by atoms with Crippen molar-refractivity contribution in [1.82, 2.24) is 5.32 Å². The number of carboxylic acids is 1. The van der Waals surface area contributed by atoms with E-state index in [4.69, 9.17) is 14.3 Å². The van der Waals surface area contributed by atoms with Crippen LogP contribution in [0.1, 0.15) is 16.1 Å². The van der Waals surface area contributed by atoms with Crippen LogP contribution in [0.5, 0.6) is 0 Å². The Morgan fingerprint density at radius 2 is 2.24 bits per heavy atom. The van der Waals surface area contributed by atoms with Gasteiger partial charge in [-0.2, -0.15) is 0 Å². The first-order chi connectivity index (χ1) is 8.09. The van der Waals surface area contributed by atoms with Crippen molar-refractivity contribution in [2.24, 2.45) is 5.92 Å². The molecule has 0 radical (unpaired) electrons. The van der Waals surface area contributed by atoms with Gasteiger partial charge in [0.05, 0.1) is 31.1 Å². The van der Waals surface area contributed by atoms with Gasteiger partial charge in [-0.25, -0.2) is 0 Å². The van der Waals surface area contributed by atoms with Crippen molar-refractivity contribution in [1.29, 1.82) is 0 Å². The fraction of sp³-hybridized carbons (Fsp3) is 0.455. The molecule has 0 bridgehead atoms. The van der Waals surface area contributed by atoms with Crippen LogP contribution >= 0.6 is 0 Å². The predicted molar refractivity (Wildman–Crippen MR) is 56.6 cm³/mol. The number of carboxylic acid groups (broad SMARTS) is 1. The molecule has 92 valence electrons. The van der Waals surface area contributed by atoms with E-state index in [1.165, 1.54) is 6.26 Å². The highest BCUT2D eigenvalue weighted by Gasteiger charge is 2.35. The van der Waals surface area contributed by atoms with Gasteiger partial charge in [-0.1, -0.05) is 0 Å². The lowest BCUT2D eigenvalue weighted by Gasteiger charge is -2.15. The molecule has 6 heteroatoms. The normalized spacial score (nSPS) is 23.6. The largest absolute Gasteiger partial charge is 0.481 e. The summed E-state index contributed by atoms with van der Waals surface area (Å²) in [6.45, 7) is 2.03. The second-order valence-corrected chi connectivity index (χ2v) is 3.95. The van der Waals surface area contributed by atoms with E-state index >= 15 is 0 Å². The number of aryl methyl sites for hydroxylation is 1. The fourth-order valence-corrected chi connectivity index (χ4v) is 1.81. The lowest BCUT2D eigenvalue weighted by atomic mass is 10.0. The summed E-state index contributed by atoms with van der Waals surface area (Å²) in [4.78, 5) is 22.7. The monoisotopic (exact) mass is 239 g/mol. The molecule has 2 atom stereocenters. The molecule has 2 heterocycles. The van der Waals surface area contributed by atoms with Gasteiger partial charge in [0, 0.05) is 0 Å². The van der Waals surface area contributed by atoms with E-state index in [2.05, 4.69) is 5.32 Å². The third kappa shape index (κ3) is 2.31. The Labute approximate surface area is 97.6 Å². The maximum atomic E-state index is 11.8. The zero-order valence-corrected chi connectivity index (χ0v) is 9.30. The first-order valence-corrected chi connectivity index (χ1v) is 5.25. The standard InChI is InChI=1S/C11H13NO5/c1-6-7(2-3-17-6)10(13)12-9-5-16-4-8(9)11(14)15/h2-3,8-9H,4-5H2,1H3,(H,12,13)(H,14,15). The Kier molecular flexibility index (Phi) is 3.14. The topological polar surface area (TPSA) is 88.8 Å². The number of carbonyl (C=O) groups excluding carboxylic acids is 1. The van der Waals surface area contributed by atoms with Crippen LogP contribution in [0, 0.1) is 12.8 Å². The maximum Gasteiger partial charge on any atom is 0.311 e. The Hall–Kier alpha value is -1.82. The van der Waals surface area contributed by atoms with Gasteiger partial charge < -0.3 is 19.6 Å². The van der Waals surface area contributed by atoms with Crippen LogP contribution in [0.2, 0.25) is 0 Å². The molecular weight excluding hydrogens is 226 g/mol. The van der Waals surface area contributed by atoms with Crippen LogP contribution in [0.15, 0.2) is 16.7 Å². The van der Waals surface area contributed by atoms with Crippen molar-refractivity contribution in [3.63, 3.8) is 0 Å². The van der Waals surface area contributed by atoms with Crippen LogP contribution in [0.3, 0.4) is 0 Å². The Balaban J connectivity index is 2.04. The smallest absolute Gasteiger partial charge is 0.311 e. The van der Waals surface area contributed by atoms with Crippen LogP contribution in [-0.4, -0.2) is 36.2 Å². The molecule has 17 heavy (non-hydrogen) atoms. The SMILES string of the molecule is Cc1occc1C(=O)NC1COCC1C(=O)O. The zero-order valence-electron chi connectivity index (χ0n) is 9.30. The molecular formula is C11H13NO5. The molecule has 0 saturated carbocycles. The lowest BCUT2D eigenvalue weighted by molar-refractivity contribution is -0.142. The third-order valence-electron chi connectivity index (χ3n) is 2.82. The molecule has 1 aromatic rings. The molecule has 0 spiro atoms. The maximum absolute atomic E-state index is 11.8. The first-order valence-electron chi connectivity index (χ1n) is 5.25. The average Bonchev–Trinajstić information content (AvgIpc) is 2.86. The molecule has 0 aliphatic carbocycles. The Morgan fingerprint density at radius 1 is 1.47 bits per heavy atom. The van der Waals surface area contributed by atoms with E-state index in [1.807, 2.05) is 0 Å². The molecule has 1 aliphatic rings. The van der Waals surface area contributed by atoms with Crippen molar-refractivity contribution in [3.05, 3.63) is 23.7 Å². The number of nitrogens with one attached hydrogen (secondary N) is 1. The zero-order chi connectivity index (χ0) is 12.4. The summed E-state index contributed by atoms with van der Waals surface area (Å²) >= 11 is 0. The number of carbonyl (C=O) groups is 2. The summed E-state index contributed by atoms with van der Waals surface area (Å²) in [7, 11) is 0. The van der Waals surface area contributed by atoms with Crippen molar-refractivity contribution >= 4 is 11.9 Å². The molecule has 6 nitrogen and oxygen atoms in total. The Bertz CT molecular complexity index is 439. The van der Waals surface area contributed by atoms with Crippen molar-refractivity contribution in [2.45, 2.75) is 13.0 Å². The second-order valence-electron chi connectivity index (χ2n) is 3.95. The van der Waals surface area contributed by atoms with E-state index in [1.54, 1.807) is 13.0 Å². The molecule has 1 fully saturated rings. The molecule has 1 amide bonds. The van der Waals surface area contributed by atoms with E-state index in [9.17, 15) is 9.59 Å². The summed E-state index contributed by atoms with van der Waals surface area (Å²) in [6, 6.07) is 1.06. The van der Waals surface area contributed by atoms with Crippen LogP contribution < -0.4 is 5.32 Å². The molecule has 1 saturated heterocycles. The van der Waals surface area contributed by atoms with Gasteiger partial charge in [0.15, 0.2) is 0 Å². The summed E-state index contributed by atoms with van der Waals surface area (Å²) in [5, 5.41) is 11.6. The summed E-state index contributed by atoms with van der Waals surface area (Å²) in [5.41, 5.74) is 0.418. The lowest BCUT2D eigenvalue weighted by Crippen LogP contribution is -2.42. The van der Waals surface area contributed by atoms with E-state index < -0.39 is 17.9 Å². The molecule has 0 aromatic carbocycles. The van der Waals surface area contributed by atoms with E-state index in [0.29, 0.717) is 11.3 Å². The molecule has 2 unspecified atom stereocenters. The van der Waals surface area contributed by atoms with Crippen molar-refractivity contribution < 1.29 is 23.8 Å². The number of furan rings is 1.